The smallest absolute Gasteiger partial charge is 0.230 e. The molecule has 0 aliphatic rings. The third-order valence-corrected chi connectivity index (χ3v) is 4.98. The zero-order valence-electron chi connectivity index (χ0n) is 15.2. The van der Waals surface area contributed by atoms with Crippen LogP contribution in [0.5, 0.6) is 0 Å². The van der Waals surface area contributed by atoms with E-state index < -0.39 is 0 Å². The Morgan fingerprint density at radius 1 is 1.27 bits per heavy atom. The maximum Gasteiger partial charge on any atom is 0.230 e. The van der Waals surface area contributed by atoms with Gasteiger partial charge in [-0.15, -0.1) is 0 Å². The summed E-state index contributed by atoms with van der Waals surface area (Å²) in [6.45, 7) is 6.84. The van der Waals surface area contributed by atoms with Crippen molar-refractivity contribution in [2.24, 2.45) is 0 Å². The van der Waals surface area contributed by atoms with Crippen molar-refractivity contribution in [3.05, 3.63) is 60.4 Å². The zero-order valence-corrected chi connectivity index (χ0v) is 16.0. The first-order valence-corrected chi connectivity index (χ1v) is 9.50. The van der Waals surface area contributed by atoms with E-state index in [0.717, 1.165) is 10.8 Å². The first-order chi connectivity index (χ1) is 12.5. The number of aryl methyl sites for hydroxylation is 2. The number of rotatable bonds is 7. The molecule has 1 N–H and O–H groups in total. The molecule has 26 heavy (non-hydrogen) atoms. The van der Waals surface area contributed by atoms with Crippen LogP contribution < -0.4 is 5.32 Å². The molecule has 0 spiro atoms. The van der Waals surface area contributed by atoms with Gasteiger partial charge in [-0.25, -0.2) is 9.97 Å². The van der Waals surface area contributed by atoms with E-state index in [4.69, 9.17) is 0 Å². The van der Waals surface area contributed by atoms with Crippen LogP contribution in [0.2, 0.25) is 0 Å². The summed E-state index contributed by atoms with van der Waals surface area (Å²) >= 11 is 1.44. The van der Waals surface area contributed by atoms with Crippen molar-refractivity contribution < 1.29 is 4.79 Å². The molecule has 3 aromatic rings. The third-order valence-electron chi connectivity index (χ3n) is 4.01. The summed E-state index contributed by atoms with van der Waals surface area (Å²) in [5, 5.41) is 3.83. The van der Waals surface area contributed by atoms with Crippen molar-refractivity contribution in [1.29, 1.82) is 0 Å². The van der Waals surface area contributed by atoms with Crippen LogP contribution in [0.3, 0.4) is 0 Å². The second-order valence-electron chi connectivity index (χ2n) is 6.39. The molecule has 0 saturated heterocycles. The Morgan fingerprint density at radius 3 is 2.88 bits per heavy atom. The molecular formula is C19H23N5OS. The van der Waals surface area contributed by atoms with Gasteiger partial charge in [-0.3, -0.25) is 9.36 Å². The van der Waals surface area contributed by atoms with Crippen LogP contribution in [-0.4, -0.2) is 36.8 Å². The molecule has 0 aliphatic carbocycles. The number of benzene rings is 1. The Bertz CT molecular complexity index is 872. The summed E-state index contributed by atoms with van der Waals surface area (Å²) in [5.41, 5.74) is 3.47. The van der Waals surface area contributed by atoms with Crippen molar-refractivity contribution in [2.45, 2.75) is 38.5 Å². The van der Waals surface area contributed by atoms with Gasteiger partial charge >= 0.3 is 0 Å². The molecule has 0 saturated carbocycles. The van der Waals surface area contributed by atoms with E-state index in [1.54, 1.807) is 18.7 Å². The zero-order chi connectivity index (χ0) is 18.5. The molecule has 2 aromatic heterocycles. The first-order valence-electron chi connectivity index (χ1n) is 8.52. The fraction of sp³-hybridized carbons (Fsp3) is 0.316. The SMILES string of the molecule is Cc1ccc(C)c(-n2ccnc2SCC(=O)NC(C)Cn2ccnc2)c1. The number of thioether (sulfide) groups is 1. The van der Waals surface area contributed by atoms with E-state index in [1.807, 2.05) is 28.5 Å². The molecule has 2 heterocycles. The molecule has 1 aromatic carbocycles. The molecular weight excluding hydrogens is 346 g/mol. The number of carbonyl (C=O) groups excluding carboxylic acids is 1. The molecule has 3 rings (SSSR count). The highest BCUT2D eigenvalue weighted by molar-refractivity contribution is 7.99. The summed E-state index contributed by atoms with van der Waals surface area (Å²) in [5.74, 6) is 0.328. The summed E-state index contributed by atoms with van der Waals surface area (Å²) in [4.78, 5) is 20.7. The van der Waals surface area contributed by atoms with Crippen LogP contribution in [0, 0.1) is 13.8 Å². The van der Waals surface area contributed by atoms with Crippen molar-refractivity contribution >= 4 is 17.7 Å². The van der Waals surface area contributed by atoms with Crippen LogP contribution in [0.15, 0.2) is 54.5 Å². The predicted octanol–water partition coefficient (Wildman–Crippen LogP) is 2.98. The molecule has 0 radical (unpaired) electrons. The van der Waals surface area contributed by atoms with Gasteiger partial charge in [0.05, 0.1) is 17.8 Å². The summed E-state index contributed by atoms with van der Waals surface area (Å²) in [6, 6.07) is 6.37. The van der Waals surface area contributed by atoms with E-state index in [-0.39, 0.29) is 11.9 Å². The minimum Gasteiger partial charge on any atom is -0.351 e. The molecule has 1 amide bonds. The first kappa shape index (κ1) is 18.3. The van der Waals surface area contributed by atoms with Crippen LogP contribution in [0.25, 0.3) is 5.69 Å². The summed E-state index contributed by atoms with van der Waals surface area (Å²) < 4.78 is 3.99. The Labute approximate surface area is 157 Å². The average Bonchev–Trinajstić information content (AvgIpc) is 3.26. The number of hydrogen-bond donors (Lipinski definition) is 1. The predicted molar refractivity (Wildman–Crippen MR) is 104 cm³/mol. The van der Waals surface area contributed by atoms with Gasteiger partial charge < -0.3 is 9.88 Å². The molecule has 1 unspecified atom stereocenters. The third kappa shape index (κ3) is 4.54. The number of aromatic nitrogens is 4. The van der Waals surface area contributed by atoms with Gasteiger partial charge in [0.2, 0.25) is 5.91 Å². The highest BCUT2D eigenvalue weighted by atomic mass is 32.2. The average molecular weight is 369 g/mol. The molecule has 0 bridgehead atoms. The van der Waals surface area contributed by atoms with E-state index in [0.29, 0.717) is 12.3 Å². The standard InChI is InChI=1S/C19H23N5OS/c1-14-4-5-15(2)17(10-14)24-9-7-21-19(24)26-12-18(25)22-16(3)11-23-8-6-20-13-23/h4-10,13,16H,11-12H2,1-3H3,(H,22,25). The van der Waals surface area contributed by atoms with Crippen LogP contribution in [0.4, 0.5) is 0 Å². The number of imidazole rings is 2. The number of amides is 1. The van der Waals surface area contributed by atoms with Gasteiger partial charge in [0.1, 0.15) is 0 Å². The number of hydrogen-bond acceptors (Lipinski definition) is 4. The Balaban J connectivity index is 1.59. The van der Waals surface area contributed by atoms with Gasteiger partial charge in [0.15, 0.2) is 5.16 Å². The Morgan fingerprint density at radius 2 is 2.12 bits per heavy atom. The largest absolute Gasteiger partial charge is 0.351 e. The van der Waals surface area contributed by atoms with Crippen LogP contribution >= 0.6 is 11.8 Å². The minimum atomic E-state index is -0.00173. The second kappa shape index (κ2) is 8.23. The molecule has 136 valence electrons. The maximum absolute atomic E-state index is 12.3. The van der Waals surface area contributed by atoms with Crippen molar-refractivity contribution in [1.82, 2.24) is 24.4 Å². The highest BCUT2D eigenvalue weighted by Crippen LogP contribution is 2.23. The van der Waals surface area contributed by atoms with Crippen molar-refractivity contribution in [3.63, 3.8) is 0 Å². The summed E-state index contributed by atoms with van der Waals surface area (Å²) in [6.07, 6.45) is 9.07. The van der Waals surface area contributed by atoms with Gasteiger partial charge in [-0.2, -0.15) is 0 Å². The van der Waals surface area contributed by atoms with Gasteiger partial charge in [0.25, 0.3) is 0 Å². The summed E-state index contributed by atoms with van der Waals surface area (Å²) in [7, 11) is 0. The lowest BCUT2D eigenvalue weighted by Gasteiger charge is -2.15. The van der Waals surface area contributed by atoms with Gasteiger partial charge in [-0.1, -0.05) is 23.9 Å². The van der Waals surface area contributed by atoms with Crippen LogP contribution in [0.1, 0.15) is 18.1 Å². The fourth-order valence-corrected chi connectivity index (χ4v) is 3.54. The Kier molecular flexibility index (Phi) is 5.78. The Hall–Kier alpha value is -2.54. The monoisotopic (exact) mass is 369 g/mol. The number of nitrogens with one attached hydrogen (secondary N) is 1. The van der Waals surface area contributed by atoms with Gasteiger partial charge in [-0.05, 0) is 38.0 Å². The molecule has 0 aliphatic heterocycles. The molecule has 6 nitrogen and oxygen atoms in total. The fourth-order valence-electron chi connectivity index (χ4n) is 2.76. The highest BCUT2D eigenvalue weighted by Gasteiger charge is 2.12. The van der Waals surface area contributed by atoms with E-state index in [9.17, 15) is 4.79 Å². The number of nitrogens with zero attached hydrogens (tertiary/aromatic N) is 4. The maximum atomic E-state index is 12.3. The van der Waals surface area contributed by atoms with E-state index in [1.165, 1.54) is 22.9 Å². The molecule has 0 fully saturated rings. The van der Waals surface area contributed by atoms with Crippen molar-refractivity contribution in [3.8, 4) is 5.69 Å². The molecule has 7 heteroatoms. The lowest BCUT2D eigenvalue weighted by Crippen LogP contribution is -2.36. The second-order valence-corrected chi connectivity index (χ2v) is 7.33. The van der Waals surface area contributed by atoms with E-state index >= 15 is 0 Å². The van der Waals surface area contributed by atoms with E-state index in [2.05, 4.69) is 47.3 Å². The van der Waals surface area contributed by atoms with Gasteiger partial charge in [0, 0.05) is 37.4 Å². The minimum absolute atomic E-state index is 0.00173. The number of carbonyl (C=O) groups is 1. The topological polar surface area (TPSA) is 64.7 Å². The quantitative estimate of drug-likeness (QED) is 0.650. The van der Waals surface area contributed by atoms with Crippen molar-refractivity contribution in [2.75, 3.05) is 5.75 Å². The lowest BCUT2D eigenvalue weighted by molar-refractivity contribution is -0.119. The molecule has 1 atom stereocenters. The normalized spacial score (nSPS) is 12.1. The van der Waals surface area contributed by atoms with Crippen LogP contribution in [-0.2, 0) is 11.3 Å². The lowest BCUT2D eigenvalue weighted by atomic mass is 10.1.